The van der Waals surface area contributed by atoms with E-state index in [0.29, 0.717) is 29.9 Å². The molecule has 0 amide bonds. The van der Waals surface area contributed by atoms with Crippen molar-refractivity contribution in [3.05, 3.63) is 17.0 Å². The molecule has 0 bridgehead atoms. The minimum atomic E-state index is -3.37. The van der Waals surface area contributed by atoms with E-state index in [1.807, 2.05) is 20.0 Å². The fourth-order valence-electron chi connectivity index (χ4n) is 1.53. The molecule has 0 fully saturated rings. The normalized spacial score (nSPS) is 12.5. The van der Waals surface area contributed by atoms with Gasteiger partial charge in [0.15, 0.2) is 0 Å². The summed E-state index contributed by atoms with van der Waals surface area (Å²) in [5.41, 5.74) is 0. The molecule has 1 aromatic rings. The number of nitrogens with zero attached hydrogens (tertiary/aromatic N) is 1. The van der Waals surface area contributed by atoms with Crippen molar-refractivity contribution in [3.63, 3.8) is 0 Å². The number of hydrogen-bond acceptors (Lipinski definition) is 5. The first kappa shape index (κ1) is 17.6. The molecule has 0 unspecified atom stereocenters. The van der Waals surface area contributed by atoms with Crippen LogP contribution in [0.15, 0.2) is 16.3 Å². The molecule has 116 valence electrons. The predicted octanol–water partition coefficient (Wildman–Crippen LogP) is 1.48. The number of hydrogen-bond donors (Lipinski definition) is 2. The molecule has 0 aliphatic heterocycles. The zero-order valence-corrected chi connectivity index (χ0v) is 14.3. The van der Waals surface area contributed by atoms with Gasteiger partial charge in [0.1, 0.15) is 4.21 Å². The van der Waals surface area contributed by atoms with Crippen molar-refractivity contribution in [2.75, 3.05) is 26.7 Å². The summed E-state index contributed by atoms with van der Waals surface area (Å²) in [6, 6.07) is 3.95. The highest BCUT2D eigenvalue weighted by Gasteiger charge is 2.16. The Balaban J connectivity index is 2.53. The average Bonchev–Trinajstić information content (AvgIpc) is 2.85. The third-order valence-corrected chi connectivity index (χ3v) is 6.13. The molecule has 1 rings (SSSR count). The number of sulfonamides is 1. The topological polar surface area (TPSA) is 61.4 Å². The molecule has 7 heteroatoms. The van der Waals surface area contributed by atoms with E-state index in [9.17, 15) is 8.42 Å². The van der Waals surface area contributed by atoms with Crippen LogP contribution in [0.2, 0.25) is 0 Å². The lowest BCUT2D eigenvalue weighted by Gasteiger charge is -2.20. The molecule has 0 saturated carbocycles. The summed E-state index contributed by atoms with van der Waals surface area (Å²) in [5, 5.41) is 3.19. The third-order valence-electron chi connectivity index (χ3n) is 3.09. The van der Waals surface area contributed by atoms with Crippen LogP contribution in [0, 0.1) is 0 Å². The summed E-state index contributed by atoms with van der Waals surface area (Å²) in [6.07, 6.45) is 0. The van der Waals surface area contributed by atoms with Gasteiger partial charge in [-0.25, -0.2) is 13.1 Å². The Bertz CT molecular complexity index is 497. The first-order valence-corrected chi connectivity index (χ1v) is 9.16. The molecule has 0 aliphatic carbocycles. The van der Waals surface area contributed by atoms with Crippen molar-refractivity contribution in [2.24, 2.45) is 0 Å². The highest BCUT2D eigenvalue weighted by atomic mass is 32.2. The molecule has 0 atom stereocenters. The van der Waals surface area contributed by atoms with Gasteiger partial charge in [-0.1, -0.05) is 6.92 Å². The Morgan fingerprint density at radius 2 is 2.05 bits per heavy atom. The van der Waals surface area contributed by atoms with Crippen LogP contribution in [0.4, 0.5) is 0 Å². The lowest BCUT2D eigenvalue weighted by atomic mass is 10.3. The summed E-state index contributed by atoms with van der Waals surface area (Å²) in [4.78, 5) is 3.14. The van der Waals surface area contributed by atoms with Crippen LogP contribution in [-0.4, -0.2) is 46.0 Å². The summed E-state index contributed by atoms with van der Waals surface area (Å²) in [5.74, 6) is 0. The van der Waals surface area contributed by atoms with Crippen LogP contribution in [-0.2, 0) is 16.6 Å². The summed E-state index contributed by atoms with van der Waals surface area (Å²) < 4.78 is 27.3. The van der Waals surface area contributed by atoms with Crippen LogP contribution >= 0.6 is 11.3 Å². The predicted molar refractivity (Wildman–Crippen MR) is 84.7 cm³/mol. The molecule has 0 aliphatic rings. The van der Waals surface area contributed by atoms with Crippen molar-refractivity contribution >= 4 is 21.4 Å². The van der Waals surface area contributed by atoms with Gasteiger partial charge in [-0.3, -0.25) is 0 Å². The van der Waals surface area contributed by atoms with Crippen molar-refractivity contribution < 1.29 is 8.42 Å². The molecule has 0 radical (unpaired) electrons. The van der Waals surface area contributed by atoms with Crippen molar-refractivity contribution in [1.82, 2.24) is 14.9 Å². The van der Waals surface area contributed by atoms with Gasteiger partial charge in [-0.2, -0.15) is 0 Å². The van der Waals surface area contributed by atoms with Crippen LogP contribution < -0.4 is 10.0 Å². The van der Waals surface area contributed by atoms with E-state index in [2.05, 4.69) is 28.8 Å². The van der Waals surface area contributed by atoms with E-state index < -0.39 is 10.0 Å². The van der Waals surface area contributed by atoms with E-state index in [1.165, 1.54) is 11.3 Å². The van der Waals surface area contributed by atoms with Crippen LogP contribution in [0.3, 0.4) is 0 Å². The molecular formula is C13H25N3O2S2. The maximum Gasteiger partial charge on any atom is 0.250 e. The van der Waals surface area contributed by atoms with Gasteiger partial charge >= 0.3 is 0 Å². The van der Waals surface area contributed by atoms with Gasteiger partial charge in [0, 0.05) is 30.6 Å². The minimum absolute atomic E-state index is 0.387. The van der Waals surface area contributed by atoms with Crippen molar-refractivity contribution in [2.45, 2.75) is 37.6 Å². The quantitative estimate of drug-likeness (QED) is 0.724. The molecule has 1 heterocycles. The highest BCUT2D eigenvalue weighted by Crippen LogP contribution is 2.21. The average molecular weight is 319 g/mol. The lowest BCUT2D eigenvalue weighted by Crippen LogP contribution is -2.35. The molecule has 1 aromatic heterocycles. The van der Waals surface area contributed by atoms with Crippen LogP contribution in [0.25, 0.3) is 0 Å². The second-order valence-electron chi connectivity index (χ2n) is 4.97. The van der Waals surface area contributed by atoms with Gasteiger partial charge in [0.05, 0.1) is 0 Å². The Morgan fingerprint density at radius 3 is 2.65 bits per heavy atom. The molecule has 20 heavy (non-hydrogen) atoms. The zero-order valence-electron chi connectivity index (χ0n) is 12.6. The summed E-state index contributed by atoms with van der Waals surface area (Å²) in [6.45, 7) is 8.91. The van der Waals surface area contributed by atoms with Gasteiger partial charge in [-0.05, 0) is 39.6 Å². The van der Waals surface area contributed by atoms with Gasteiger partial charge in [0.2, 0.25) is 10.0 Å². The van der Waals surface area contributed by atoms with E-state index in [-0.39, 0.29) is 0 Å². The lowest BCUT2D eigenvalue weighted by molar-refractivity contribution is 0.278. The molecule has 0 spiro atoms. The third kappa shape index (κ3) is 5.49. The minimum Gasteiger partial charge on any atom is -0.312 e. The highest BCUT2D eigenvalue weighted by molar-refractivity contribution is 7.91. The number of thiophene rings is 1. The monoisotopic (exact) mass is 319 g/mol. The molecule has 5 nitrogen and oxygen atoms in total. The second kappa shape index (κ2) is 8.09. The van der Waals surface area contributed by atoms with Crippen LogP contribution in [0.5, 0.6) is 0 Å². The first-order valence-electron chi connectivity index (χ1n) is 6.86. The van der Waals surface area contributed by atoms with E-state index in [1.54, 1.807) is 6.07 Å². The largest absolute Gasteiger partial charge is 0.312 e. The maximum atomic E-state index is 12.1. The molecule has 2 N–H and O–H groups in total. The maximum absolute atomic E-state index is 12.1. The van der Waals surface area contributed by atoms with Crippen molar-refractivity contribution in [3.8, 4) is 0 Å². The Kier molecular flexibility index (Phi) is 7.11. The van der Waals surface area contributed by atoms with E-state index in [0.717, 1.165) is 11.4 Å². The number of rotatable bonds is 9. The number of likely N-dealkylation sites (N-methyl/N-ethyl adjacent to an activating group) is 1. The van der Waals surface area contributed by atoms with Gasteiger partial charge in [0.25, 0.3) is 0 Å². The second-order valence-corrected chi connectivity index (χ2v) is 8.14. The smallest absolute Gasteiger partial charge is 0.250 e. The Labute approximate surface area is 126 Å². The van der Waals surface area contributed by atoms with E-state index >= 15 is 0 Å². The zero-order chi connectivity index (χ0) is 15.2. The summed E-state index contributed by atoms with van der Waals surface area (Å²) >= 11 is 1.32. The fourth-order valence-corrected chi connectivity index (χ4v) is 3.92. The van der Waals surface area contributed by atoms with Gasteiger partial charge < -0.3 is 10.2 Å². The standard InChI is InChI=1S/C13H25N3O2S2/c1-5-14-10-12-6-7-13(19-12)20(17,18)15-8-9-16(4)11(2)3/h6-7,11,14-15H,5,8-10H2,1-4H3. The molecular weight excluding hydrogens is 294 g/mol. The van der Waals surface area contributed by atoms with Gasteiger partial charge in [-0.15, -0.1) is 11.3 Å². The Morgan fingerprint density at radius 1 is 1.35 bits per heavy atom. The molecule has 0 aromatic carbocycles. The van der Waals surface area contributed by atoms with E-state index in [4.69, 9.17) is 0 Å². The SMILES string of the molecule is CCNCc1ccc(S(=O)(=O)NCCN(C)C(C)C)s1. The molecule has 0 saturated heterocycles. The Hall–Kier alpha value is -0.470. The first-order chi connectivity index (χ1) is 9.36. The van der Waals surface area contributed by atoms with Crippen LogP contribution in [0.1, 0.15) is 25.6 Å². The van der Waals surface area contributed by atoms with Crippen molar-refractivity contribution in [1.29, 1.82) is 0 Å². The number of nitrogens with one attached hydrogen (secondary N) is 2. The fraction of sp³-hybridized carbons (Fsp3) is 0.692. The summed E-state index contributed by atoms with van der Waals surface area (Å²) in [7, 11) is -1.39.